The molecule has 10 nitrogen and oxygen atoms in total. The number of nitrogens with zero attached hydrogens (tertiary/aromatic N) is 1. The van der Waals surface area contributed by atoms with Crippen molar-refractivity contribution in [3.8, 4) is 0 Å². The molecule has 0 aliphatic rings. The summed E-state index contributed by atoms with van der Waals surface area (Å²) in [6, 6.07) is 4.10. The summed E-state index contributed by atoms with van der Waals surface area (Å²) in [5.41, 5.74) is -2.34. The number of benzene rings is 1. The van der Waals surface area contributed by atoms with E-state index in [1.165, 1.54) is 0 Å². The zero-order valence-corrected chi connectivity index (χ0v) is 11.0. The number of anilines is 1. The molecule has 110 valence electrons. The van der Waals surface area contributed by atoms with E-state index in [2.05, 4.69) is 4.98 Å². The Morgan fingerprint density at radius 2 is 1.76 bits per heavy atom. The predicted octanol–water partition coefficient (Wildman–Crippen LogP) is -0.228. The third kappa shape index (κ3) is 3.14. The van der Waals surface area contributed by atoms with Gasteiger partial charge in [0.25, 0.3) is 21.3 Å². The summed E-state index contributed by atoms with van der Waals surface area (Å²) in [7, 11) is -4.11. The molecule has 0 radical (unpaired) electrons. The third-order valence-electron chi connectivity index (χ3n) is 2.42. The number of nitrogens with one attached hydrogen (secondary N) is 3. The third-order valence-corrected chi connectivity index (χ3v) is 3.80. The number of aromatic amines is 2. The van der Waals surface area contributed by atoms with Crippen molar-refractivity contribution in [1.29, 1.82) is 0 Å². The van der Waals surface area contributed by atoms with E-state index < -0.39 is 26.2 Å². The maximum absolute atomic E-state index is 12.0. The van der Waals surface area contributed by atoms with Crippen LogP contribution in [0.15, 0.2) is 44.9 Å². The molecule has 0 bridgehead atoms. The molecule has 0 unspecified atom stereocenters. The zero-order chi connectivity index (χ0) is 15.6. The van der Waals surface area contributed by atoms with Crippen LogP contribution in [0.3, 0.4) is 0 Å². The molecule has 0 saturated heterocycles. The highest BCUT2D eigenvalue weighted by Gasteiger charge is 2.17. The molecule has 0 aliphatic carbocycles. The molecule has 1 aromatic carbocycles. The van der Waals surface area contributed by atoms with Gasteiger partial charge in [-0.3, -0.25) is 24.6 Å². The number of non-ortho nitro benzene ring substituents is 1. The monoisotopic (exact) mass is 312 g/mol. The first kappa shape index (κ1) is 14.5. The molecule has 0 fully saturated rings. The van der Waals surface area contributed by atoms with Crippen molar-refractivity contribution in [3.05, 3.63) is 61.4 Å². The Morgan fingerprint density at radius 3 is 2.29 bits per heavy atom. The first-order chi connectivity index (χ1) is 9.79. The molecule has 1 heterocycles. The molecular weight excluding hydrogens is 304 g/mol. The van der Waals surface area contributed by atoms with Gasteiger partial charge in [-0.15, -0.1) is 0 Å². The zero-order valence-electron chi connectivity index (χ0n) is 10.2. The SMILES string of the molecule is O=c1[nH]cc(NS(=O)(=O)c2ccc([N+](=O)[O-])cc2)c(=O)[nH]1. The van der Waals surface area contributed by atoms with Gasteiger partial charge in [-0.2, -0.15) is 0 Å². The Labute approximate surface area is 116 Å². The number of hydrogen-bond acceptors (Lipinski definition) is 6. The van der Waals surface area contributed by atoms with Crippen LogP contribution >= 0.6 is 0 Å². The molecule has 2 rings (SSSR count). The van der Waals surface area contributed by atoms with Gasteiger partial charge in [-0.05, 0) is 12.1 Å². The maximum atomic E-state index is 12.0. The lowest BCUT2D eigenvalue weighted by Crippen LogP contribution is -2.26. The van der Waals surface area contributed by atoms with Crippen LogP contribution in [0.1, 0.15) is 0 Å². The van der Waals surface area contributed by atoms with Gasteiger partial charge in [-0.25, -0.2) is 13.2 Å². The topological polar surface area (TPSA) is 155 Å². The van der Waals surface area contributed by atoms with Crippen molar-refractivity contribution < 1.29 is 13.3 Å². The number of nitro groups is 1. The number of aromatic nitrogens is 2. The summed E-state index contributed by atoms with van der Waals surface area (Å²) < 4.78 is 26.0. The fourth-order valence-electron chi connectivity index (χ4n) is 1.44. The Hall–Kier alpha value is -2.95. The van der Waals surface area contributed by atoms with Crippen molar-refractivity contribution in [2.45, 2.75) is 4.90 Å². The van der Waals surface area contributed by atoms with Gasteiger partial charge in [0, 0.05) is 18.3 Å². The van der Waals surface area contributed by atoms with Crippen molar-refractivity contribution in [1.82, 2.24) is 9.97 Å². The van der Waals surface area contributed by atoms with Gasteiger partial charge in [0.2, 0.25) is 0 Å². The van der Waals surface area contributed by atoms with Gasteiger partial charge in [0.05, 0.1) is 9.82 Å². The van der Waals surface area contributed by atoms with Crippen LogP contribution in [-0.2, 0) is 10.0 Å². The van der Waals surface area contributed by atoms with E-state index in [1.54, 1.807) is 0 Å². The van der Waals surface area contributed by atoms with E-state index in [0.717, 1.165) is 30.5 Å². The summed E-state index contributed by atoms with van der Waals surface area (Å²) in [5.74, 6) is 0. The lowest BCUT2D eigenvalue weighted by atomic mass is 10.3. The van der Waals surface area contributed by atoms with E-state index >= 15 is 0 Å². The molecule has 11 heteroatoms. The molecule has 2 aromatic rings. The minimum Gasteiger partial charge on any atom is -0.312 e. The average molecular weight is 312 g/mol. The van der Waals surface area contributed by atoms with E-state index in [1.807, 2.05) is 9.71 Å². The molecule has 0 amide bonds. The van der Waals surface area contributed by atoms with Gasteiger partial charge in [0.15, 0.2) is 0 Å². The smallest absolute Gasteiger partial charge is 0.312 e. The summed E-state index contributed by atoms with van der Waals surface area (Å²) in [4.78, 5) is 35.7. The van der Waals surface area contributed by atoms with Crippen LogP contribution in [0, 0.1) is 10.1 Å². The fourth-order valence-corrected chi connectivity index (χ4v) is 2.49. The van der Waals surface area contributed by atoms with Crippen LogP contribution in [0.2, 0.25) is 0 Å². The molecule has 1 aromatic heterocycles. The highest BCUT2D eigenvalue weighted by atomic mass is 32.2. The molecule has 0 spiro atoms. The van der Waals surface area contributed by atoms with Gasteiger partial charge < -0.3 is 4.98 Å². The molecular formula is C10H8N4O6S. The number of sulfonamides is 1. The van der Waals surface area contributed by atoms with Crippen molar-refractivity contribution >= 4 is 21.4 Å². The van der Waals surface area contributed by atoms with E-state index in [0.29, 0.717) is 0 Å². The second kappa shape index (κ2) is 5.20. The molecule has 0 saturated carbocycles. The minimum atomic E-state index is -4.11. The molecule has 0 aliphatic heterocycles. The summed E-state index contributed by atoms with van der Waals surface area (Å²) in [6.07, 6.45) is 0.907. The van der Waals surface area contributed by atoms with E-state index in [9.17, 15) is 28.1 Å². The van der Waals surface area contributed by atoms with Crippen LogP contribution in [0.5, 0.6) is 0 Å². The quantitative estimate of drug-likeness (QED) is 0.523. The number of H-pyrrole nitrogens is 2. The lowest BCUT2D eigenvalue weighted by molar-refractivity contribution is -0.384. The van der Waals surface area contributed by atoms with Crippen molar-refractivity contribution in [3.63, 3.8) is 0 Å². The van der Waals surface area contributed by atoms with Crippen LogP contribution in [0.4, 0.5) is 11.4 Å². The maximum Gasteiger partial charge on any atom is 0.325 e. The second-order valence-corrected chi connectivity index (χ2v) is 5.52. The number of hydrogen-bond donors (Lipinski definition) is 3. The predicted molar refractivity (Wildman–Crippen MR) is 71.6 cm³/mol. The summed E-state index contributed by atoms with van der Waals surface area (Å²) >= 11 is 0. The van der Waals surface area contributed by atoms with Gasteiger partial charge in [0.1, 0.15) is 5.69 Å². The molecule has 21 heavy (non-hydrogen) atoms. The van der Waals surface area contributed by atoms with Crippen LogP contribution < -0.4 is 16.0 Å². The minimum absolute atomic E-state index is 0.265. The normalized spacial score (nSPS) is 11.0. The largest absolute Gasteiger partial charge is 0.325 e. The standard InChI is InChI=1S/C10H8N4O6S/c15-9-8(5-11-10(16)12-9)13-21(19,20)7-3-1-6(2-4-7)14(17)18/h1-5,13H,(H2,11,12,15,16). The van der Waals surface area contributed by atoms with Crippen molar-refractivity contribution in [2.24, 2.45) is 0 Å². The fraction of sp³-hybridized carbons (Fsp3) is 0. The van der Waals surface area contributed by atoms with Crippen LogP contribution in [0.25, 0.3) is 0 Å². The highest BCUT2D eigenvalue weighted by molar-refractivity contribution is 7.92. The van der Waals surface area contributed by atoms with Gasteiger partial charge >= 0.3 is 5.69 Å². The summed E-state index contributed by atoms with van der Waals surface area (Å²) in [6.45, 7) is 0. The first-order valence-electron chi connectivity index (χ1n) is 5.39. The second-order valence-electron chi connectivity index (χ2n) is 3.84. The van der Waals surface area contributed by atoms with Crippen LogP contribution in [-0.4, -0.2) is 23.3 Å². The van der Waals surface area contributed by atoms with E-state index in [-0.39, 0.29) is 16.3 Å². The molecule has 3 N–H and O–H groups in total. The van der Waals surface area contributed by atoms with E-state index in [4.69, 9.17) is 0 Å². The Morgan fingerprint density at radius 1 is 1.14 bits per heavy atom. The van der Waals surface area contributed by atoms with Gasteiger partial charge in [-0.1, -0.05) is 0 Å². The number of nitro benzene ring substituents is 1. The molecule has 0 atom stereocenters. The number of rotatable bonds is 4. The average Bonchev–Trinajstić information content (AvgIpc) is 2.42. The first-order valence-corrected chi connectivity index (χ1v) is 6.87. The van der Waals surface area contributed by atoms with Crippen molar-refractivity contribution in [2.75, 3.05) is 4.72 Å². The Bertz CT molecular complexity index is 896. The highest BCUT2D eigenvalue weighted by Crippen LogP contribution is 2.17. The Kier molecular flexibility index (Phi) is 3.58. The lowest BCUT2D eigenvalue weighted by Gasteiger charge is -2.06. The summed E-state index contributed by atoms with van der Waals surface area (Å²) in [5, 5.41) is 10.5. The Balaban J connectivity index is 2.36.